The quantitative estimate of drug-likeness (QED) is 0.602. The van der Waals surface area contributed by atoms with Crippen molar-refractivity contribution < 1.29 is 19.0 Å². The van der Waals surface area contributed by atoms with Crippen LogP contribution < -0.4 is 19.9 Å². The van der Waals surface area contributed by atoms with E-state index in [9.17, 15) is 4.79 Å². The summed E-state index contributed by atoms with van der Waals surface area (Å²) in [5.74, 6) is 0.485. The second kappa shape index (κ2) is 9.46. The molecule has 0 aliphatic carbocycles. The van der Waals surface area contributed by atoms with E-state index >= 15 is 0 Å². The van der Waals surface area contributed by atoms with E-state index in [0.717, 1.165) is 11.1 Å². The van der Waals surface area contributed by atoms with Gasteiger partial charge in [-0.15, -0.1) is 0 Å². The minimum absolute atomic E-state index is 0.179. The lowest BCUT2D eigenvalue weighted by molar-refractivity contribution is 0.0989. The average molecular weight is 377 g/mol. The molecule has 0 bridgehead atoms. The van der Waals surface area contributed by atoms with Gasteiger partial charge in [0.2, 0.25) is 0 Å². The zero-order chi connectivity index (χ0) is 19.8. The van der Waals surface area contributed by atoms with Crippen molar-refractivity contribution in [3.63, 3.8) is 0 Å². The largest absolute Gasteiger partial charge is 0.490 e. The van der Waals surface area contributed by atoms with E-state index in [-0.39, 0.29) is 12.2 Å². The van der Waals surface area contributed by atoms with Crippen molar-refractivity contribution in [2.24, 2.45) is 5.73 Å². The van der Waals surface area contributed by atoms with E-state index in [2.05, 4.69) is 0 Å². The van der Waals surface area contributed by atoms with E-state index in [0.29, 0.717) is 30.5 Å². The zero-order valence-electron chi connectivity index (χ0n) is 15.8. The van der Waals surface area contributed by atoms with Crippen LogP contribution in [0.3, 0.4) is 0 Å². The van der Waals surface area contributed by atoms with Crippen molar-refractivity contribution in [3.8, 4) is 17.2 Å². The summed E-state index contributed by atoms with van der Waals surface area (Å²) in [4.78, 5) is 12.2. The molecule has 5 heteroatoms. The molecule has 3 aromatic rings. The molecule has 5 nitrogen and oxygen atoms in total. The van der Waals surface area contributed by atoms with Crippen LogP contribution in [0.1, 0.15) is 28.4 Å². The number of ether oxygens (including phenoxy) is 3. The number of rotatable bonds is 9. The predicted molar refractivity (Wildman–Crippen MR) is 108 cm³/mol. The summed E-state index contributed by atoms with van der Waals surface area (Å²) in [7, 11) is 0. The van der Waals surface area contributed by atoms with Crippen LogP contribution >= 0.6 is 0 Å². The first-order valence-corrected chi connectivity index (χ1v) is 9.12. The Morgan fingerprint density at radius 2 is 1.29 bits per heavy atom. The first-order valence-electron chi connectivity index (χ1n) is 9.12. The molecule has 28 heavy (non-hydrogen) atoms. The molecular weight excluding hydrogens is 354 g/mol. The third-order valence-corrected chi connectivity index (χ3v) is 4.09. The van der Waals surface area contributed by atoms with Gasteiger partial charge in [-0.3, -0.25) is 4.79 Å². The van der Waals surface area contributed by atoms with Gasteiger partial charge in [0.15, 0.2) is 11.5 Å². The molecule has 0 saturated carbocycles. The molecule has 3 aromatic carbocycles. The number of amides is 1. The highest BCUT2D eigenvalue weighted by Gasteiger charge is 2.22. The van der Waals surface area contributed by atoms with Gasteiger partial charge < -0.3 is 19.9 Å². The SMILES string of the molecule is CCOc1ccc(OCc2ccccc2)c(C(N)=O)c1OCc1ccccc1. The van der Waals surface area contributed by atoms with Crippen molar-refractivity contribution >= 4 is 5.91 Å². The smallest absolute Gasteiger partial charge is 0.256 e. The molecule has 0 atom stereocenters. The third-order valence-electron chi connectivity index (χ3n) is 4.09. The number of benzene rings is 3. The van der Waals surface area contributed by atoms with Gasteiger partial charge in [0.25, 0.3) is 5.91 Å². The van der Waals surface area contributed by atoms with Crippen molar-refractivity contribution in [1.29, 1.82) is 0 Å². The lowest BCUT2D eigenvalue weighted by atomic mass is 10.1. The Kier molecular flexibility index (Phi) is 6.52. The van der Waals surface area contributed by atoms with E-state index in [1.54, 1.807) is 12.1 Å². The van der Waals surface area contributed by atoms with Crippen molar-refractivity contribution in [1.82, 2.24) is 0 Å². The molecule has 0 aromatic heterocycles. The monoisotopic (exact) mass is 377 g/mol. The first-order chi connectivity index (χ1) is 13.7. The summed E-state index contributed by atoms with van der Waals surface area (Å²) in [6, 6.07) is 22.8. The second-order valence-corrected chi connectivity index (χ2v) is 6.11. The molecule has 2 N–H and O–H groups in total. The first kappa shape index (κ1) is 19.3. The maximum Gasteiger partial charge on any atom is 0.256 e. The molecule has 3 rings (SSSR count). The van der Waals surface area contributed by atoms with E-state index < -0.39 is 5.91 Å². The highest BCUT2D eigenvalue weighted by molar-refractivity contribution is 5.99. The van der Waals surface area contributed by atoms with Crippen LogP contribution in [0.15, 0.2) is 72.8 Å². The Morgan fingerprint density at radius 3 is 1.82 bits per heavy atom. The molecule has 1 amide bonds. The highest BCUT2D eigenvalue weighted by Crippen LogP contribution is 2.38. The number of primary amides is 1. The summed E-state index contributed by atoms with van der Waals surface area (Å²) in [5, 5.41) is 0. The molecule has 0 saturated heterocycles. The van der Waals surface area contributed by atoms with Crippen LogP contribution in [0.2, 0.25) is 0 Å². The van der Waals surface area contributed by atoms with Crippen LogP contribution in [0, 0.1) is 0 Å². The number of carbonyl (C=O) groups is 1. The van der Waals surface area contributed by atoms with Crippen LogP contribution in [-0.2, 0) is 13.2 Å². The van der Waals surface area contributed by atoms with Gasteiger partial charge in [-0.1, -0.05) is 60.7 Å². The van der Waals surface area contributed by atoms with E-state index in [4.69, 9.17) is 19.9 Å². The standard InChI is InChI=1S/C23H23NO4/c1-2-26-20-14-13-19(27-15-17-9-5-3-6-10-17)21(23(24)25)22(20)28-16-18-11-7-4-8-12-18/h3-14H,2,15-16H2,1H3,(H2,24,25). The Balaban J connectivity index is 1.90. The molecule has 0 aliphatic rings. The van der Waals surface area contributed by atoms with Gasteiger partial charge in [-0.2, -0.15) is 0 Å². The zero-order valence-corrected chi connectivity index (χ0v) is 15.8. The van der Waals surface area contributed by atoms with Gasteiger partial charge >= 0.3 is 0 Å². The summed E-state index contributed by atoms with van der Waals surface area (Å²) in [6.45, 7) is 2.89. The van der Waals surface area contributed by atoms with Crippen LogP contribution in [0.5, 0.6) is 17.2 Å². The van der Waals surface area contributed by atoms with Crippen molar-refractivity contribution in [2.75, 3.05) is 6.61 Å². The Morgan fingerprint density at radius 1 is 0.750 bits per heavy atom. The number of hydrogen-bond acceptors (Lipinski definition) is 4. The Bertz CT molecular complexity index is 911. The maximum atomic E-state index is 12.2. The normalized spacial score (nSPS) is 10.3. The van der Waals surface area contributed by atoms with Crippen LogP contribution in [0.25, 0.3) is 0 Å². The number of nitrogens with two attached hydrogens (primary N) is 1. The predicted octanol–water partition coefficient (Wildman–Crippen LogP) is 4.34. The third kappa shape index (κ3) is 4.82. The Labute approximate surface area is 164 Å². The summed E-state index contributed by atoms with van der Waals surface area (Å²) < 4.78 is 17.5. The highest BCUT2D eigenvalue weighted by atomic mass is 16.5. The topological polar surface area (TPSA) is 70.8 Å². The molecule has 144 valence electrons. The molecule has 0 radical (unpaired) electrons. The van der Waals surface area contributed by atoms with Crippen molar-refractivity contribution in [2.45, 2.75) is 20.1 Å². The number of hydrogen-bond donors (Lipinski definition) is 1. The van der Waals surface area contributed by atoms with Crippen molar-refractivity contribution in [3.05, 3.63) is 89.5 Å². The molecule has 0 spiro atoms. The second-order valence-electron chi connectivity index (χ2n) is 6.11. The fourth-order valence-electron chi connectivity index (χ4n) is 2.78. The minimum atomic E-state index is -0.632. The van der Waals surface area contributed by atoms with E-state index in [1.165, 1.54) is 0 Å². The molecular formula is C23H23NO4. The minimum Gasteiger partial charge on any atom is -0.490 e. The fourth-order valence-corrected chi connectivity index (χ4v) is 2.78. The molecule has 0 unspecified atom stereocenters. The maximum absolute atomic E-state index is 12.2. The van der Waals surface area contributed by atoms with Gasteiger partial charge in [0, 0.05) is 0 Å². The average Bonchev–Trinajstić information content (AvgIpc) is 2.73. The van der Waals surface area contributed by atoms with Gasteiger partial charge in [0.05, 0.1) is 6.61 Å². The summed E-state index contributed by atoms with van der Waals surface area (Å²) in [6.07, 6.45) is 0. The summed E-state index contributed by atoms with van der Waals surface area (Å²) in [5.41, 5.74) is 7.80. The van der Waals surface area contributed by atoms with Crippen LogP contribution in [-0.4, -0.2) is 12.5 Å². The lowest BCUT2D eigenvalue weighted by Crippen LogP contribution is -2.16. The fraction of sp³-hybridized carbons (Fsp3) is 0.174. The van der Waals surface area contributed by atoms with Crippen LogP contribution in [0.4, 0.5) is 0 Å². The number of carbonyl (C=O) groups excluding carboxylic acids is 1. The van der Waals surface area contributed by atoms with Gasteiger partial charge in [0.1, 0.15) is 24.5 Å². The lowest BCUT2D eigenvalue weighted by Gasteiger charge is -2.18. The molecule has 0 aliphatic heterocycles. The Hall–Kier alpha value is -3.47. The van der Waals surface area contributed by atoms with Gasteiger partial charge in [-0.05, 0) is 30.2 Å². The molecule has 0 fully saturated rings. The van der Waals surface area contributed by atoms with E-state index in [1.807, 2.05) is 67.6 Å². The summed E-state index contributed by atoms with van der Waals surface area (Å²) >= 11 is 0. The molecule has 0 heterocycles. The van der Waals surface area contributed by atoms with Gasteiger partial charge in [-0.25, -0.2) is 0 Å².